The first-order chi connectivity index (χ1) is 9.85. The van der Waals surface area contributed by atoms with Crippen LogP contribution in [-0.2, 0) is 4.79 Å². The largest absolute Gasteiger partial charge is 0.487 e. The number of fused-ring (bicyclic) bond motifs is 1. The SMILES string of the molecule is CN1CCC(Oc2ccc3c(c2)OC(C)(C)CC3O)C1=O. The minimum atomic E-state index is -0.531. The Bertz CT molecular complexity index is 569. The van der Waals surface area contributed by atoms with Gasteiger partial charge in [-0.3, -0.25) is 4.79 Å². The molecule has 1 fully saturated rings. The molecule has 0 bridgehead atoms. The Labute approximate surface area is 124 Å². The highest BCUT2D eigenvalue weighted by Crippen LogP contribution is 2.41. The summed E-state index contributed by atoms with van der Waals surface area (Å²) in [6.45, 7) is 4.61. The van der Waals surface area contributed by atoms with Crippen molar-refractivity contribution in [2.75, 3.05) is 13.6 Å². The first-order valence-electron chi connectivity index (χ1n) is 7.28. The number of carbonyl (C=O) groups excluding carboxylic acids is 1. The molecule has 1 amide bonds. The van der Waals surface area contributed by atoms with Crippen LogP contribution in [0.15, 0.2) is 18.2 Å². The van der Waals surface area contributed by atoms with Crippen molar-refractivity contribution in [1.82, 2.24) is 4.90 Å². The van der Waals surface area contributed by atoms with Crippen molar-refractivity contribution >= 4 is 5.91 Å². The van der Waals surface area contributed by atoms with E-state index in [1.165, 1.54) is 0 Å². The van der Waals surface area contributed by atoms with E-state index in [9.17, 15) is 9.90 Å². The molecule has 0 aromatic heterocycles. The minimum absolute atomic E-state index is 0.00834. The molecule has 0 radical (unpaired) electrons. The van der Waals surface area contributed by atoms with Gasteiger partial charge >= 0.3 is 0 Å². The fourth-order valence-electron chi connectivity index (χ4n) is 2.93. The van der Waals surface area contributed by atoms with Gasteiger partial charge in [0, 0.05) is 38.1 Å². The standard InChI is InChI=1S/C16H21NO4/c1-16(2)9-12(18)11-5-4-10(8-14(11)21-16)20-13-6-7-17(3)15(13)19/h4-5,8,12-13,18H,6-7,9H2,1-3H3. The smallest absolute Gasteiger partial charge is 0.263 e. The van der Waals surface area contributed by atoms with Crippen molar-refractivity contribution in [1.29, 1.82) is 0 Å². The Balaban J connectivity index is 1.81. The number of amides is 1. The normalized spacial score (nSPS) is 27.2. The first-order valence-corrected chi connectivity index (χ1v) is 7.28. The average Bonchev–Trinajstić information content (AvgIpc) is 2.69. The predicted octanol–water partition coefficient (Wildman–Crippen LogP) is 1.89. The summed E-state index contributed by atoms with van der Waals surface area (Å²) in [6.07, 6.45) is 0.305. The van der Waals surface area contributed by atoms with Crippen LogP contribution >= 0.6 is 0 Å². The average molecular weight is 291 g/mol. The number of carbonyl (C=O) groups is 1. The Morgan fingerprint density at radius 3 is 2.86 bits per heavy atom. The zero-order chi connectivity index (χ0) is 15.2. The molecule has 1 aromatic rings. The number of hydrogen-bond acceptors (Lipinski definition) is 4. The zero-order valence-electron chi connectivity index (χ0n) is 12.6. The zero-order valence-corrected chi connectivity index (χ0v) is 12.6. The molecule has 1 saturated heterocycles. The molecule has 2 atom stereocenters. The van der Waals surface area contributed by atoms with Gasteiger partial charge < -0.3 is 19.5 Å². The van der Waals surface area contributed by atoms with Crippen molar-refractivity contribution < 1.29 is 19.4 Å². The number of rotatable bonds is 2. The first kappa shape index (κ1) is 14.2. The molecular weight excluding hydrogens is 270 g/mol. The number of benzene rings is 1. The summed E-state index contributed by atoms with van der Waals surface area (Å²) < 4.78 is 11.7. The van der Waals surface area contributed by atoms with Gasteiger partial charge in [-0.25, -0.2) is 0 Å². The topological polar surface area (TPSA) is 59.0 Å². The summed E-state index contributed by atoms with van der Waals surface area (Å²) in [7, 11) is 1.78. The van der Waals surface area contributed by atoms with E-state index in [2.05, 4.69) is 0 Å². The van der Waals surface area contributed by atoms with E-state index in [0.29, 0.717) is 24.3 Å². The molecule has 0 aliphatic carbocycles. The lowest BCUT2D eigenvalue weighted by molar-refractivity contribution is -0.132. The van der Waals surface area contributed by atoms with Crippen LogP contribution in [0.1, 0.15) is 38.4 Å². The highest BCUT2D eigenvalue weighted by atomic mass is 16.5. The summed E-state index contributed by atoms with van der Waals surface area (Å²) in [4.78, 5) is 13.6. The van der Waals surface area contributed by atoms with Crippen LogP contribution < -0.4 is 9.47 Å². The van der Waals surface area contributed by atoms with Crippen molar-refractivity contribution in [3.8, 4) is 11.5 Å². The summed E-state index contributed by atoms with van der Waals surface area (Å²) >= 11 is 0. The number of likely N-dealkylation sites (tertiary alicyclic amines) is 1. The van der Waals surface area contributed by atoms with Gasteiger partial charge in [0.1, 0.15) is 17.1 Å². The van der Waals surface area contributed by atoms with Gasteiger partial charge in [-0.2, -0.15) is 0 Å². The van der Waals surface area contributed by atoms with Crippen molar-refractivity contribution in [2.24, 2.45) is 0 Å². The van der Waals surface area contributed by atoms with Gasteiger partial charge in [-0.05, 0) is 26.0 Å². The van der Waals surface area contributed by atoms with Crippen LogP contribution in [0.5, 0.6) is 11.5 Å². The molecule has 5 heteroatoms. The van der Waals surface area contributed by atoms with E-state index in [1.54, 1.807) is 24.1 Å². The van der Waals surface area contributed by atoms with Crippen LogP contribution in [0.2, 0.25) is 0 Å². The highest BCUT2D eigenvalue weighted by molar-refractivity contribution is 5.83. The van der Waals surface area contributed by atoms with Crippen molar-refractivity contribution in [3.63, 3.8) is 0 Å². The van der Waals surface area contributed by atoms with E-state index in [-0.39, 0.29) is 5.91 Å². The number of ether oxygens (including phenoxy) is 2. The lowest BCUT2D eigenvalue weighted by atomic mass is 9.92. The fourth-order valence-corrected chi connectivity index (χ4v) is 2.93. The van der Waals surface area contributed by atoms with Crippen LogP contribution in [-0.4, -0.2) is 41.2 Å². The van der Waals surface area contributed by atoms with Crippen LogP contribution in [0.3, 0.4) is 0 Å². The Morgan fingerprint density at radius 1 is 1.43 bits per heavy atom. The van der Waals surface area contributed by atoms with Gasteiger partial charge in [0.05, 0.1) is 6.10 Å². The second-order valence-electron chi connectivity index (χ2n) is 6.44. The minimum Gasteiger partial charge on any atom is -0.487 e. The maximum absolute atomic E-state index is 11.9. The number of aliphatic hydroxyl groups is 1. The summed E-state index contributed by atoms with van der Waals surface area (Å²) in [5.41, 5.74) is 0.366. The molecule has 2 unspecified atom stereocenters. The molecular formula is C16H21NO4. The Kier molecular flexibility index (Phi) is 3.32. The van der Waals surface area contributed by atoms with E-state index >= 15 is 0 Å². The Hall–Kier alpha value is -1.75. The van der Waals surface area contributed by atoms with Gasteiger partial charge in [0.15, 0.2) is 6.10 Å². The maximum atomic E-state index is 11.9. The molecule has 2 heterocycles. The monoisotopic (exact) mass is 291 g/mol. The molecule has 0 spiro atoms. The van der Waals surface area contributed by atoms with Crippen molar-refractivity contribution in [3.05, 3.63) is 23.8 Å². The number of aliphatic hydroxyl groups excluding tert-OH is 1. The summed E-state index contributed by atoms with van der Waals surface area (Å²) in [5, 5.41) is 10.2. The van der Waals surface area contributed by atoms with Crippen LogP contribution in [0.25, 0.3) is 0 Å². The predicted molar refractivity (Wildman–Crippen MR) is 77.4 cm³/mol. The molecule has 2 aliphatic rings. The van der Waals surface area contributed by atoms with E-state index in [1.807, 2.05) is 19.9 Å². The number of likely N-dealkylation sites (N-methyl/N-ethyl adjacent to an activating group) is 1. The molecule has 114 valence electrons. The van der Waals surface area contributed by atoms with E-state index < -0.39 is 17.8 Å². The molecule has 0 saturated carbocycles. The quantitative estimate of drug-likeness (QED) is 0.904. The van der Waals surface area contributed by atoms with Gasteiger partial charge in [-0.1, -0.05) is 0 Å². The number of nitrogens with zero attached hydrogens (tertiary/aromatic N) is 1. The molecule has 5 nitrogen and oxygen atoms in total. The molecule has 2 aliphatic heterocycles. The van der Waals surface area contributed by atoms with Gasteiger partial charge in [0.25, 0.3) is 5.91 Å². The molecule has 3 rings (SSSR count). The lowest BCUT2D eigenvalue weighted by Crippen LogP contribution is -2.34. The fraction of sp³-hybridized carbons (Fsp3) is 0.562. The maximum Gasteiger partial charge on any atom is 0.263 e. The third kappa shape index (κ3) is 2.70. The highest BCUT2D eigenvalue weighted by Gasteiger charge is 2.34. The van der Waals surface area contributed by atoms with Crippen LogP contribution in [0, 0.1) is 0 Å². The Morgan fingerprint density at radius 2 is 2.19 bits per heavy atom. The van der Waals surface area contributed by atoms with Gasteiger partial charge in [-0.15, -0.1) is 0 Å². The third-order valence-corrected chi connectivity index (χ3v) is 4.07. The lowest BCUT2D eigenvalue weighted by Gasteiger charge is -2.35. The molecule has 1 aromatic carbocycles. The number of hydrogen-bond donors (Lipinski definition) is 1. The third-order valence-electron chi connectivity index (χ3n) is 4.07. The van der Waals surface area contributed by atoms with Crippen molar-refractivity contribution in [2.45, 2.75) is 44.5 Å². The molecule has 21 heavy (non-hydrogen) atoms. The van der Waals surface area contributed by atoms with Crippen LogP contribution in [0.4, 0.5) is 0 Å². The summed E-state index contributed by atoms with van der Waals surface area (Å²) in [5.74, 6) is 1.25. The van der Waals surface area contributed by atoms with E-state index in [4.69, 9.17) is 9.47 Å². The second-order valence-corrected chi connectivity index (χ2v) is 6.44. The second kappa shape index (κ2) is 4.91. The molecule has 1 N–H and O–H groups in total. The van der Waals surface area contributed by atoms with Gasteiger partial charge in [0.2, 0.25) is 0 Å². The summed E-state index contributed by atoms with van der Waals surface area (Å²) in [6, 6.07) is 5.37. The van der Waals surface area contributed by atoms with E-state index in [0.717, 1.165) is 12.1 Å².